The topological polar surface area (TPSA) is 78.8 Å². The van der Waals surface area contributed by atoms with Gasteiger partial charge in [0.15, 0.2) is 0 Å². The van der Waals surface area contributed by atoms with E-state index in [-0.39, 0.29) is 0 Å². The van der Waals surface area contributed by atoms with Crippen LogP contribution < -0.4 is 5.25 Å². The first-order chi connectivity index (χ1) is 3.06. The molecule has 0 unspecified atom stereocenters. The van der Waals surface area contributed by atoms with Crippen LogP contribution in [0.15, 0.2) is 0 Å². The van der Waals surface area contributed by atoms with Gasteiger partial charge in [0, 0.05) is 0 Å². The van der Waals surface area contributed by atoms with Crippen LogP contribution in [-0.4, -0.2) is 16.9 Å². The zero-order valence-electron chi connectivity index (χ0n) is 3.66. The molecule has 0 aliphatic carbocycles. The van der Waals surface area contributed by atoms with Gasteiger partial charge in [-0.2, -0.15) is 0 Å². The van der Waals surface area contributed by atoms with Crippen molar-refractivity contribution < 1.29 is 19.2 Å². The van der Waals surface area contributed by atoms with E-state index >= 15 is 0 Å². The summed E-state index contributed by atoms with van der Waals surface area (Å²) in [5.74, 6) is 0. The van der Waals surface area contributed by atoms with Crippen LogP contribution in [0.2, 0.25) is 0 Å². The SMILES string of the molecule is CONP(=O)(O)O. The Balaban J connectivity index is 3.36. The summed E-state index contributed by atoms with van der Waals surface area (Å²) in [5, 5.41) is 1.45. The minimum atomic E-state index is -4.14. The molecule has 0 radical (unpaired) electrons. The summed E-state index contributed by atoms with van der Waals surface area (Å²) < 4.78 is 9.69. The Kier molecular flexibility index (Phi) is 2.42. The molecule has 0 saturated carbocycles. The van der Waals surface area contributed by atoms with Crippen LogP contribution in [0, 0.1) is 0 Å². The molecule has 0 atom stereocenters. The summed E-state index contributed by atoms with van der Waals surface area (Å²) in [5.41, 5.74) is 0. The Morgan fingerprint density at radius 1 is 1.71 bits per heavy atom. The molecule has 5 nitrogen and oxygen atoms in total. The fourth-order valence-electron chi connectivity index (χ4n) is 0.119. The van der Waals surface area contributed by atoms with Crippen molar-refractivity contribution in [3.8, 4) is 0 Å². The van der Waals surface area contributed by atoms with E-state index in [1.807, 2.05) is 0 Å². The number of hydrogen-bond donors (Lipinski definition) is 3. The molecule has 0 bridgehead atoms. The maximum absolute atomic E-state index is 9.69. The fourth-order valence-corrected chi connectivity index (χ4v) is 0.357. The van der Waals surface area contributed by atoms with Crippen molar-refractivity contribution in [2.45, 2.75) is 0 Å². The van der Waals surface area contributed by atoms with Crippen LogP contribution in [0.3, 0.4) is 0 Å². The van der Waals surface area contributed by atoms with Gasteiger partial charge in [0.1, 0.15) is 0 Å². The zero-order chi connectivity index (χ0) is 5.91. The smallest absolute Gasteiger partial charge is 0.311 e. The second-order valence-electron chi connectivity index (χ2n) is 0.839. The highest BCUT2D eigenvalue weighted by atomic mass is 31.2. The van der Waals surface area contributed by atoms with E-state index in [4.69, 9.17) is 9.79 Å². The highest BCUT2D eigenvalue weighted by Crippen LogP contribution is 2.26. The quantitative estimate of drug-likeness (QED) is 0.335. The van der Waals surface area contributed by atoms with Crippen LogP contribution in [0.25, 0.3) is 0 Å². The third-order valence-corrected chi connectivity index (χ3v) is 0.631. The van der Waals surface area contributed by atoms with E-state index < -0.39 is 7.75 Å². The highest BCUT2D eigenvalue weighted by molar-refractivity contribution is 7.49. The van der Waals surface area contributed by atoms with Gasteiger partial charge in [-0.1, -0.05) is 0 Å². The van der Waals surface area contributed by atoms with Gasteiger partial charge < -0.3 is 9.79 Å². The zero-order valence-corrected chi connectivity index (χ0v) is 4.55. The predicted octanol–water partition coefficient (Wildman–Crippen LogP) is -0.770. The second kappa shape index (κ2) is 2.40. The summed E-state index contributed by atoms with van der Waals surface area (Å²) in [6.07, 6.45) is 0. The fraction of sp³-hybridized carbons (Fsp3) is 1.00. The molecule has 0 heterocycles. The van der Waals surface area contributed by atoms with Crippen LogP contribution in [0.1, 0.15) is 0 Å². The van der Waals surface area contributed by atoms with E-state index in [0.717, 1.165) is 7.11 Å². The molecule has 44 valence electrons. The first kappa shape index (κ1) is 7.07. The van der Waals surface area contributed by atoms with E-state index in [0.29, 0.717) is 0 Å². The molecule has 0 rings (SSSR count). The monoisotopic (exact) mass is 127 g/mol. The van der Waals surface area contributed by atoms with Crippen molar-refractivity contribution in [1.82, 2.24) is 5.25 Å². The van der Waals surface area contributed by atoms with Crippen molar-refractivity contribution in [2.24, 2.45) is 0 Å². The van der Waals surface area contributed by atoms with Crippen LogP contribution in [0.4, 0.5) is 0 Å². The Bertz CT molecular complexity index is 85.7. The summed E-state index contributed by atoms with van der Waals surface area (Å²) in [7, 11) is -3.01. The van der Waals surface area contributed by atoms with Gasteiger partial charge >= 0.3 is 7.75 Å². The Labute approximate surface area is 40.5 Å². The van der Waals surface area contributed by atoms with Crippen LogP contribution in [-0.2, 0) is 9.40 Å². The Morgan fingerprint density at radius 2 is 2.14 bits per heavy atom. The predicted molar refractivity (Wildman–Crippen MR) is 22.2 cm³/mol. The molecule has 0 amide bonds. The molecule has 0 aromatic rings. The van der Waals surface area contributed by atoms with E-state index in [1.54, 1.807) is 0 Å². The lowest BCUT2D eigenvalue weighted by molar-refractivity contribution is 0.124. The van der Waals surface area contributed by atoms with Crippen molar-refractivity contribution in [1.29, 1.82) is 0 Å². The highest BCUT2D eigenvalue weighted by Gasteiger charge is 2.08. The lowest BCUT2D eigenvalue weighted by Crippen LogP contribution is -2.05. The average molecular weight is 127 g/mol. The molecule has 0 aliphatic heterocycles. The summed E-state index contributed by atoms with van der Waals surface area (Å²) in [6.45, 7) is 0. The lowest BCUT2D eigenvalue weighted by Gasteiger charge is -1.99. The molecule has 0 fully saturated rings. The number of hydrogen-bond acceptors (Lipinski definition) is 2. The van der Waals surface area contributed by atoms with Crippen molar-refractivity contribution in [3.05, 3.63) is 0 Å². The second-order valence-corrected chi connectivity index (χ2v) is 2.11. The number of nitrogens with one attached hydrogen (secondary N) is 1. The first-order valence-electron chi connectivity index (χ1n) is 1.42. The molecular weight excluding hydrogens is 121 g/mol. The lowest BCUT2D eigenvalue weighted by atomic mass is 11.7. The van der Waals surface area contributed by atoms with Crippen LogP contribution in [0.5, 0.6) is 0 Å². The third-order valence-electron chi connectivity index (χ3n) is 0.210. The summed E-state index contributed by atoms with van der Waals surface area (Å²) in [4.78, 5) is 19.7. The Hall–Kier alpha value is 0.0700. The van der Waals surface area contributed by atoms with Gasteiger partial charge in [-0.15, -0.1) is 5.25 Å². The third kappa shape index (κ3) is 6.07. The van der Waals surface area contributed by atoms with Gasteiger partial charge in [0.05, 0.1) is 7.11 Å². The van der Waals surface area contributed by atoms with Gasteiger partial charge in [-0.25, -0.2) is 4.57 Å². The molecular formula is CH6NO4P. The maximum atomic E-state index is 9.69. The van der Waals surface area contributed by atoms with Gasteiger partial charge in [-0.05, 0) is 0 Å². The van der Waals surface area contributed by atoms with E-state index in [1.165, 1.54) is 5.25 Å². The first-order valence-corrected chi connectivity index (χ1v) is 3.03. The molecule has 0 aliphatic rings. The molecule has 0 saturated heterocycles. The number of rotatable bonds is 2. The molecule has 0 aromatic carbocycles. The van der Waals surface area contributed by atoms with Crippen molar-refractivity contribution in [2.75, 3.05) is 7.11 Å². The van der Waals surface area contributed by atoms with Gasteiger partial charge in [0.2, 0.25) is 0 Å². The molecule has 0 spiro atoms. The summed E-state index contributed by atoms with van der Waals surface area (Å²) in [6, 6.07) is 0. The normalized spacial score (nSPS) is 11.9. The van der Waals surface area contributed by atoms with E-state index in [9.17, 15) is 4.57 Å². The standard InChI is InChI=1S/CH6NO4P/c1-6-2-7(3,4)5/h1H3,(H3,2,3,4,5). The van der Waals surface area contributed by atoms with Gasteiger partial charge in [0.25, 0.3) is 0 Å². The van der Waals surface area contributed by atoms with Crippen molar-refractivity contribution in [3.63, 3.8) is 0 Å². The van der Waals surface area contributed by atoms with Gasteiger partial charge in [-0.3, -0.25) is 4.84 Å². The summed E-state index contributed by atoms with van der Waals surface area (Å²) >= 11 is 0. The maximum Gasteiger partial charge on any atom is 0.423 e. The largest absolute Gasteiger partial charge is 0.423 e. The Morgan fingerprint density at radius 3 is 2.14 bits per heavy atom. The molecule has 0 aromatic heterocycles. The molecule has 6 heteroatoms. The molecule has 7 heavy (non-hydrogen) atoms. The van der Waals surface area contributed by atoms with E-state index in [2.05, 4.69) is 4.84 Å². The minimum Gasteiger partial charge on any atom is -0.311 e. The minimum absolute atomic E-state index is 1.12. The molecule has 3 N–H and O–H groups in total. The van der Waals surface area contributed by atoms with Crippen LogP contribution >= 0.6 is 7.75 Å². The van der Waals surface area contributed by atoms with Crippen molar-refractivity contribution >= 4 is 7.75 Å². The average Bonchev–Trinajstić information content (AvgIpc) is 1.30.